The van der Waals surface area contributed by atoms with E-state index in [4.69, 9.17) is 5.11 Å². The van der Waals surface area contributed by atoms with Crippen molar-refractivity contribution in [3.8, 4) is 0 Å². The molecule has 1 atom stereocenters. The summed E-state index contributed by atoms with van der Waals surface area (Å²) in [7, 11) is 0. The molecule has 0 radical (unpaired) electrons. The Bertz CT molecular complexity index is 450. The number of likely N-dealkylation sites (tertiary alicyclic amines) is 1. The van der Waals surface area contributed by atoms with Crippen LogP contribution < -0.4 is 5.32 Å². The van der Waals surface area contributed by atoms with Crippen molar-refractivity contribution in [3.63, 3.8) is 0 Å². The van der Waals surface area contributed by atoms with Crippen LogP contribution in [0.5, 0.6) is 0 Å². The molecule has 118 valence electrons. The maximum absolute atomic E-state index is 12.8. The Kier molecular flexibility index (Phi) is 4.39. The molecule has 0 aromatic carbocycles. The number of aliphatic carboxylic acids is 1. The molecular formula is C14H23N3O4. The lowest BCUT2D eigenvalue weighted by Gasteiger charge is -2.46. The average Bonchev–Trinajstić information content (AvgIpc) is 2.41. The number of carboxylic acids is 1. The Morgan fingerprint density at radius 1 is 1.33 bits per heavy atom. The number of carbonyl (C=O) groups is 3. The van der Waals surface area contributed by atoms with Crippen LogP contribution in [0, 0.1) is 0 Å². The second-order valence-corrected chi connectivity index (χ2v) is 6.19. The lowest BCUT2D eigenvalue weighted by atomic mass is 9.97. The summed E-state index contributed by atoms with van der Waals surface area (Å²) in [5, 5.41) is 11.8. The van der Waals surface area contributed by atoms with Crippen LogP contribution in [-0.2, 0) is 9.59 Å². The highest BCUT2D eigenvalue weighted by Crippen LogP contribution is 2.25. The van der Waals surface area contributed by atoms with Gasteiger partial charge in [0.1, 0.15) is 5.54 Å². The third-order valence-electron chi connectivity index (χ3n) is 4.37. The zero-order valence-corrected chi connectivity index (χ0v) is 12.6. The fraction of sp³-hybridized carbons (Fsp3) is 0.786. The van der Waals surface area contributed by atoms with Gasteiger partial charge in [-0.15, -0.1) is 0 Å². The number of urea groups is 1. The molecule has 21 heavy (non-hydrogen) atoms. The highest BCUT2D eigenvalue weighted by molar-refractivity contribution is 5.91. The minimum Gasteiger partial charge on any atom is -0.481 e. The number of carboxylic acid groups (broad SMARTS) is 1. The molecule has 2 rings (SSSR count). The van der Waals surface area contributed by atoms with E-state index < -0.39 is 11.5 Å². The van der Waals surface area contributed by atoms with E-state index in [0.29, 0.717) is 26.1 Å². The van der Waals surface area contributed by atoms with Crippen molar-refractivity contribution < 1.29 is 19.5 Å². The van der Waals surface area contributed by atoms with E-state index in [1.54, 1.807) is 23.6 Å². The summed E-state index contributed by atoms with van der Waals surface area (Å²) in [6.45, 7) is 4.88. The molecule has 2 fully saturated rings. The van der Waals surface area contributed by atoms with Crippen molar-refractivity contribution in [2.45, 2.75) is 51.1 Å². The number of nitrogens with zero attached hydrogens (tertiary/aromatic N) is 2. The van der Waals surface area contributed by atoms with Gasteiger partial charge in [0.15, 0.2) is 0 Å². The summed E-state index contributed by atoms with van der Waals surface area (Å²) >= 11 is 0. The zero-order chi connectivity index (χ0) is 15.6. The topological polar surface area (TPSA) is 90.0 Å². The third-order valence-corrected chi connectivity index (χ3v) is 4.37. The highest BCUT2D eigenvalue weighted by atomic mass is 16.4. The van der Waals surface area contributed by atoms with Gasteiger partial charge in [-0.3, -0.25) is 9.59 Å². The van der Waals surface area contributed by atoms with Crippen LogP contribution in [0.4, 0.5) is 4.79 Å². The lowest BCUT2D eigenvalue weighted by Crippen LogP contribution is -2.66. The third kappa shape index (κ3) is 3.11. The molecule has 0 saturated carbocycles. The van der Waals surface area contributed by atoms with Crippen LogP contribution in [-0.4, -0.2) is 64.0 Å². The number of rotatable bonds is 2. The first-order valence-corrected chi connectivity index (χ1v) is 7.42. The fourth-order valence-corrected chi connectivity index (χ4v) is 3.06. The molecule has 0 aliphatic carbocycles. The van der Waals surface area contributed by atoms with E-state index in [-0.39, 0.29) is 24.4 Å². The second-order valence-electron chi connectivity index (χ2n) is 6.19. The van der Waals surface area contributed by atoms with Gasteiger partial charge in [0.25, 0.3) is 0 Å². The van der Waals surface area contributed by atoms with Crippen molar-refractivity contribution in [2.24, 2.45) is 0 Å². The van der Waals surface area contributed by atoms with Crippen molar-refractivity contribution in [2.75, 3.05) is 19.6 Å². The molecular weight excluding hydrogens is 274 g/mol. The van der Waals surface area contributed by atoms with Crippen LogP contribution >= 0.6 is 0 Å². The molecule has 0 aromatic heterocycles. The van der Waals surface area contributed by atoms with Crippen LogP contribution in [0.3, 0.4) is 0 Å². The SMILES string of the molecule is CC1(C)C(=O)NCCN1C(=O)N1CCCCC1CC(=O)O. The average molecular weight is 297 g/mol. The summed E-state index contributed by atoms with van der Waals surface area (Å²) in [6.07, 6.45) is 2.48. The number of piperazine rings is 1. The number of amides is 3. The smallest absolute Gasteiger partial charge is 0.321 e. The monoisotopic (exact) mass is 297 g/mol. The molecule has 2 aliphatic heterocycles. The van der Waals surface area contributed by atoms with Gasteiger partial charge in [-0.2, -0.15) is 0 Å². The Morgan fingerprint density at radius 2 is 2.05 bits per heavy atom. The van der Waals surface area contributed by atoms with Crippen molar-refractivity contribution >= 4 is 17.9 Å². The summed E-state index contributed by atoms with van der Waals surface area (Å²) in [4.78, 5) is 38.9. The fourth-order valence-electron chi connectivity index (χ4n) is 3.06. The number of carbonyl (C=O) groups excluding carboxylic acids is 2. The van der Waals surface area contributed by atoms with Gasteiger partial charge >= 0.3 is 12.0 Å². The second kappa shape index (κ2) is 5.91. The van der Waals surface area contributed by atoms with Crippen molar-refractivity contribution in [1.82, 2.24) is 15.1 Å². The molecule has 3 amide bonds. The molecule has 0 aromatic rings. The van der Waals surface area contributed by atoms with Gasteiger partial charge in [-0.05, 0) is 33.1 Å². The number of hydrogen-bond donors (Lipinski definition) is 2. The van der Waals surface area contributed by atoms with E-state index in [2.05, 4.69) is 5.32 Å². The minimum absolute atomic E-state index is 0.0355. The molecule has 2 N–H and O–H groups in total. The van der Waals surface area contributed by atoms with Crippen molar-refractivity contribution in [3.05, 3.63) is 0 Å². The van der Waals surface area contributed by atoms with Crippen LogP contribution in [0.15, 0.2) is 0 Å². The molecule has 2 aliphatic rings. The quantitative estimate of drug-likeness (QED) is 0.783. The predicted octanol–water partition coefficient (Wildman–Crippen LogP) is 0.646. The van der Waals surface area contributed by atoms with Crippen LogP contribution in [0.25, 0.3) is 0 Å². The number of hydrogen-bond acceptors (Lipinski definition) is 3. The Morgan fingerprint density at radius 3 is 2.71 bits per heavy atom. The minimum atomic E-state index is -0.902. The molecule has 2 heterocycles. The van der Waals surface area contributed by atoms with Gasteiger partial charge in [-0.25, -0.2) is 4.79 Å². The number of nitrogens with one attached hydrogen (secondary N) is 1. The predicted molar refractivity (Wildman–Crippen MR) is 75.8 cm³/mol. The van der Waals surface area contributed by atoms with Crippen molar-refractivity contribution in [1.29, 1.82) is 0 Å². The molecule has 1 unspecified atom stereocenters. The molecule has 0 spiro atoms. The maximum atomic E-state index is 12.8. The lowest BCUT2D eigenvalue weighted by molar-refractivity contribution is -0.139. The Balaban J connectivity index is 2.16. The van der Waals surface area contributed by atoms with Gasteiger partial charge in [0.2, 0.25) is 5.91 Å². The first kappa shape index (κ1) is 15.6. The summed E-state index contributed by atoms with van der Waals surface area (Å²) < 4.78 is 0. The summed E-state index contributed by atoms with van der Waals surface area (Å²) in [6, 6.07) is -0.495. The Hall–Kier alpha value is -1.79. The molecule has 2 saturated heterocycles. The molecule has 7 heteroatoms. The number of piperidine rings is 1. The summed E-state index contributed by atoms with van der Waals surface area (Å²) in [5.41, 5.74) is -0.902. The van der Waals surface area contributed by atoms with Gasteiger partial charge < -0.3 is 20.2 Å². The van der Waals surface area contributed by atoms with Gasteiger partial charge in [-0.1, -0.05) is 0 Å². The van der Waals surface area contributed by atoms with Crippen LogP contribution in [0.2, 0.25) is 0 Å². The zero-order valence-electron chi connectivity index (χ0n) is 12.6. The van der Waals surface area contributed by atoms with Gasteiger partial charge in [0.05, 0.1) is 6.42 Å². The van der Waals surface area contributed by atoms with Crippen LogP contribution in [0.1, 0.15) is 39.5 Å². The van der Waals surface area contributed by atoms with E-state index >= 15 is 0 Å². The standard InChI is InChI=1S/C14H23N3O4/c1-14(2)12(20)15-6-8-17(14)13(21)16-7-4-3-5-10(16)9-11(18)19/h10H,3-9H2,1-2H3,(H,15,20)(H,18,19). The normalized spacial score (nSPS) is 25.4. The first-order valence-electron chi connectivity index (χ1n) is 7.42. The maximum Gasteiger partial charge on any atom is 0.321 e. The first-order chi connectivity index (χ1) is 9.84. The van der Waals surface area contributed by atoms with E-state index in [0.717, 1.165) is 12.8 Å². The largest absolute Gasteiger partial charge is 0.481 e. The molecule has 7 nitrogen and oxygen atoms in total. The van der Waals surface area contributed by atoms with Gasteiger partial charge in [0, 0.05) is 25.7 Å². The Labute approximate surface area is 124 Å². The van der Waals surface area contributed by atoms with E-state index in [9.17, 15) is 14.4 Å². The highest BCUT2D eigenvalue weighted by Gasteiger charge is 2.43. The van der Waals surface area contributed by atoms with E-state index in [1.807, 2.05) is 0 Å². The van der Waals surface area contributed by atoms with E-state index in [1.165, 1.54) is 0 Å². The molecule has 0 bridgehead atoms. The summed E-state index contributed by atoms with van der Waals surface area (Å²) in [5.74, 6) is -1.07.